The normalized spacial score (nSPS) is 18.3. The van der Waals surface area contributed by atoms with Crippen molar-refractivity contribution in [2.45, 2.75) is 37.0 Å². The van der Waals surface area contributed by atoms with Crippen LogP contribution in [0.2, 0.25) is 0 Å². The maximum Gasteiger partial charge on any atom is 0.243 e. The first kappa shape index (κ1) is 25.6. The Bertz CT molecular complexity index is 877. The molecule has 2 fully saturated rings. The van der Waals surface area contributed by atoms with E-state index in [0.29, 0.717) is 59.0 Å². The van der Waals surface area contributed by atoms with Gasteiger partial charge in [-0.1, -0.05) is 18.6 Å². The van der Waals surface area contributed by atoms with Gasteiger partial charge in [-0.2, -0.15) is 4.31 Å². The van der Waals surface area contributed by atoms with E-state index in [1.807, 2.05) is 4.90 Å². The van der Waals surface area contributed by atoms with Crippen molar-refractivity contribution in [3.63, 3.8) is 0 Å². The highest BCUT2D eigenvalue weighted by Crippen LogP contribution is 2.21. The van der Waals surface area contributed by atoms with Gasteiger partial charge in [0.25, 0.3) is 0 Å². The van der Waals surface area contributed by atoms with Crippen LogP contribution in [0.3, 0.4) is 0 Å². The van der Waals surface area contributed by atoms with Crippen LogP contribution in [-0.2, 0) is 30.8 Å². The van der Waals surface area contributed by atoms with Crippen molar-refractivity contribution in [3.8, 4) is 0 Å². The Morgan fingerprint density at radius 2 is 1.64 bits per heavy atom. The maximum atomic E-state index is 12.8. The summed E-state index contributed by atoms with van der Waals surface area (Å²) in [5.41, 5.74) is 0.801. The zero-order chi connectivity index (χ0) is 23.7. The summed E-state index contributed by atoms with van der Waals surface area (Å²) in [7, 11) is -1.82. The third-order valence-corrected chi connectivity index (χ3v) is 8.08. The molecular formula is C23H36N4O5S. The number of sulfonamides is 1. The molecule has 9 nitrogen and oxygen atoms in total. The van der Waals surface area contributed by atoms with Crippen molar-refractivity contribution in [1.82, 2.24) is 19.4 Å². The standard InChI is InChI=1S/C23H36N4O5S/c1-32-17-5-10-24-22(28)19-25-13-15-26(16-14-25)23(29)18-20-6-8-21(9-7-20)33(30,31)27-11-3-2-4-12-27/h6-9H,2-5,10-19H2,1H3,(H,24,28). The number of hydrogen-bond acceptors (Lipinski definition) is 6. The number of methoxy groups -OCH3 is 1. The van der Waals surface area contributed by atoms with Crippen LogP contribution < -0.4 is 5.32 Å². The number of hydrogen-bond donors (Lipinski definition) is 1. The molecule has 2 saturated heterocycles. The number of amides is 2. The van der Waals surface area contributed by atoms with E-state index in [2.05, 4.69) is 10.2 Å². The summed E-state index contributed by atoms with van der Waals surface area (Å²) in [4.78, 5) is 28.9. The van der Waals surface area contributed by atoms with Crippen LogP contribution in [-0.4, -0.2) is 100 Å². The van der Waals surface area contributed by atoms with Gasteiger partial charge >= 0.3 is 0 Å². The molecule has 0 aliphatic carbocycles. The van der Waals surface area contributed by atoms with Gasteiger partial charge in [-0.05, 0) is 37.0 Å². The molecule has 2 aliphatic rings. The van der Waals surface area contributed by atoms with Crippen molar-refractivity contribution in [3.05, 3.63) is 29.8 Å². The summed E-state index contributed by atoms with van der Waals surface area (Å²) >= 11 is 0. The lowest BCUT2D eigenvalue weighted by atomic mass is 10.1. The number of rotatable bonds is 10. The third kappa shape index (κ3) is 7.49. The lowest BCUT2D eigenvalue weighted by molar-refractivity contribution is -0.132. The SMILES string of the molecule is COCCCNC(=O)CN1CCN(C(=O)Cc2ccc(S(=O)(=O)N3CCCCC3)cc2)CC1. The first-order valence-corrected chi connectivity index (χ1v) is 13.2. The average molecular weight is 481 g/mol. The van der Waals surface area contributed by atoms with Crippen molar-refractivity contribution >= 4 is 21.8 Å². The van der Waals surface area contributed by atoms with Gasteiger partial charge in [0, 0.05) is 59.5 Å². The topological polar surface area (TPSA) is 99.3 Å². The quantitative estimate of drug-likeness (QED) is 0.495. The number of carbonyl (C=O) groups excluding carboxylic acids is 2. The fourth-order valence-corrected chi connectivity index (χ4v) is 5.70. The molecule has 1 N–H and O–H groups in total. The summed E-state index contributed by atoms with van der Waals surface area (Å²) in [6.07, 6.45) is 3.90. The third-order valence-electron chi connectivity index (χ3n) is 6.17. The molecule has 3 rings (SSSR count). The van der Waals surface area contributed by atoms with E-state index in [-0.39, 0.29) is 23.1 Å². The largest absolute Gasteiger partial charge is 0.385 e. The minimum atomic E-state index is -3.46. The Morgan fingerprint density at radius 3 is 2.27 bits per heavy atom. The number of carbonyl (C=O) groups is 2. The molecule has 1 aromatic rings. The molecule has 10 heteroatoms. The molecule has 0 unspecified atom stereocenters. The predicted octanol–water partition coefficient (Wildman–Crippen LogP) is 0.701. The lowest BCUT2D eigenvalue weighted by Gasteiger charge is -2.34. The van der Waals surface area contributed by atoms with Crippen LogP contribution in [0.25, 0.3) is 0 Å². The van der Waals surface area contributed by atoms with E-state index in [0.717, 1.165) is 31.2 Å². The van der Waals surface area contributed by atoms with E-state index in [9.17, 15) is 18.0 Å². The van der Waals surface area contributed by atoms with Crippen LogP contribution in [0.1, 0.15) is 31.2 Å². The molecule has 0 bridgehead atoms. The predicted molar refractivity (Wildman–Crippen MR) is 125 cm³/mol. The number of nitrogens with one attached hydrogen (secondary N) is 1. The fraction of sp³-hybridized carbons (Fsp3) is 0.652. The average Bonchev–Trinajstić information content (AvgIpc) is 2.83. The van der Waals surface area contributed by atoms with Gasteiger partial charge < -0.3 is 15.0 Å². The van der Waals surface area contributed by atoms with Gasteiger partial charge in [0.15, 0.2) is 0 Å². The molecule has 1 aromatic carbocycles. The first-order chi connectivity index (χ1) is 15.9. The minimum absolute atomic E-state index is 0.00882. The number of piperidine rings is 1. The molecule has 184 valence electrons. The monoisotopic (exact) mass is 480 g/mol. The number of ether oxygens (including phenoxy) is 1. The van der Waals surface area contributed by atoms with E-state index in [4.69, 9.17) is 4.74 Å². The molecule has 2 amide bonds. The number of piperazine rings is 1. The number of nitrogens with zero attached hydrogens (tertiary/aromatic N) is 3. The highest BCUT2D eigenvalue weighted by atomic mass is 32.2. The van der Waals surface area contributed by atoms with Gasteiger partial charge in [0.2, 0.25) is 21.8 Å². The van der Waals surface area contributed by atoms with Crippen LogP contribution in [0.5, 0.6) is 0 Å². The molecule has 0 atom stereocenters. The second-order valence-electron chi connectivity index (χ2n) is 8.64. The van der Waals surface area contributed by atoms with Gasteiger partial charge in [0.1, 0.15) is 0 Å². The molecule has 2 heterocycles. The van der Waals surface area contributed by atoms with Crippen LogP contribution in [0.15, 0.2) is 29.2 Å². The second-order valence-corrected chi connectivity index (χ2v) is 10.6. The Morgan fingerprint density at radius 1 is 0.970 bits per heavy atom. The molecule has 0 spiro atoms. The van der Waals surface area contributed by atoms with Gasteiger partial charge in [-0.25, -0.2) is 8.42 Å². The van der Waals surface area contributed by atoms with Crippen molar-refractivity contribution in [2.24, 2.45) is 0 Å². The highest BCUT2D eigenvalue weighted by molar-refractivity contribution is 7.89. The van der Waals surface area contributed by atoms with Crippen molar-refractivity contribution < 1.29 is 22.7 Å². The molecule has 2 aliphatic heterocycles. The van der Waals surface area contributed by atoms with Gasteiger partial charge in [-0.15, -0.1) is 0 Å². The minimum Gasteiger partial charge on any atom is -0.385 e. The molecule has 0 radical (unpaired) electrons. The summed E-state index contributed by atoms with van der Waals surface area (Å²) in [6, 6.07) is 6.68. The van der Waals surface area contributed by atoms with Crippen LogP contribution >= 0.6 is 0 Å². The second kappa shape index (κ2) is 12.5. The van der Waals surface area contributed by atoms with E-state index in [1.54, 1.807) is 35.7 Å². The van der Waals surface area contributed by atoms with Crippen LogP contribution in [0, 0.1) is 0 Å². The lowest BCUT2D eigenvalue weighted by Crippen LogP contribution is -2.51. The Kier molecular flexibility index (Phi) is 9.66. The summed E-state index contributed by atoms with van der Waals surface area (Å²) < 4.78 is 32.1. The van der Waals surface area contributed by atoms with Gasteiger partial charge in [0.05, 0.1) is 17.9 Å². The van der Waals surface area contributed by atoms with Crippen molar-refractivity contribution in [1.29, 1.82) is 0 Å². The molecular weight excluding hydrogens is 444 g/mol. The summed E-state index contributed by atoms with van der Waals surface area (Å²) in [5, 5.41) is 2.88. The Hall–Kier alpha value is -2.01. The fourth-order valence-electron chi connectivity index (χ4n) is 4.18. The van der Waals surface area contributed by atoms with E-state index in [1.165, 1.54) is 0 Å². The maximum absolute atomic E-state index is 12.8. The smallest absolute Gasteiger partial charge is 0.243 e. The Labute approximate surface area is 197 Å². The Balaban J connectivity index is 1.43. The highest BCUT2D eigenvalue weighted by Gasteiger charge is 2.26. The van der Waals surface area contributed by atoms with Crippen LogP contribution in [0.4, 0.5) is 0 Å². The zero-order valence-corrected chi connectivity index (χ0v) is 20.3. The first-order valence-electron chi connectivity index (χ1n) is 11.7. The number of benzene rings is 1. The molecule has 33 heavy (non-hydrogen) atoms. The van der Waals surface area contributed by atoms with E-state index < -0.39 is 10.0 Å². The van der Waals surface area contributed by atoms with Crippen molar-refractivity contribution in [2.75, 3.05) is 66.1 Å². The molecule has 0 saturated carbocycles. The van der Waals surface area contributed by atoms with E-state index >= 15 is 0 Å². The zero-order valence-electron chi connectivity index (χ0n) is 19.5. The summed E-state index contributed by atoms with van der Waals surface area (Å²) in [5.74, 6) is 0.00998. The van der Waals surface area contributed by atoms with Gasteiger partial charge in [-0.3, -0.25) is 14.5 Å². The summed E-state index contributed by atoms with van der Waals surface area (Å²) in [6.45, 7) is 5.18. The molecule has 0 aromatic heterocycles.